The molecular weight excluding hydrogens is 412 g/mol. The van der Waals surface area contributed by atoms with E-state index in [1.54, 1.807) is 24.6 Å². The van der Waals surface area contributed by atoms with E-state index < -0.39 is 23.3 Å². The lowest BCUT2D eigenvalue weighted by Gasteiger charge is -2.49. The first-order chi connectivity index (χ1) is 14.0. The monoisotopic (exact) mass is 430 g/mol. The molecule has 1 aromatic carbocycles. The number of amides is 2. The molecule has 1 unspecified atom stereocenters. The molecule has 2 aliphatic heterocycles. The number of carboxylic acid groups (broad SMARTS) is 1. The summed E-state index contributed by atoms with van der Waals surface area (Å²) in [7, 11) is 0. The van der Waals surface area contributed by atoms with Crippen molar-refractivity contribution in [3.63, 3.8) is 0 Å². The molecule has 3 N–H and O–H groups in total. The lowest BCUT2D eigenvalue weighted by molar-refractivity contribution is -0.150. The van der Waals surface area contributed by atoms with Gasteiger partial charge in [-0.25, -0.2) is 9.78 Å². The van der Waals surface area contributed by atoms with E-state index in [1.165, 1.54) is 28.0 Å². The first-order valence-corrected chi connectivity index (χ1v) is 10.8. The molecule has 2 aromatic rings. The maximum absolute atomic E-state index is 12.5. The van der Waals surface area contributed by atoms with E-state index in [0.717, 1.165) is 15.9 Å². The number of β-lactam (4-membered cyclic amide) rings is 1. The van der Waals surface area contributed by atoms with Crippen molar-refractivity contribution in [1.29, 1.82) is 0 Å². The van der Waals surface area contributed by atoms with E-state index in [1.807, 2.05) is 18.2 Å². The zero-order valence-corrected chi connectivity index (χ0v) is 17.0. The fourth-order valence-electron chi connectivity index (χ4n) is 3.34. The van der Waals surface area contributed by atoms with Crippen LogP contribution in [0.15, 0.2) is 47.1 Å². The largest absolute Gasteiger partial charge is 0.477 e. The van der Waals surface area contributed by atoms with Crippen molar-refractivity contribution < 1.29 is 19.5 Å². The quantitative estimate of drug-likeness (QED) is 0.601. The van der Waals surface area contributed by atoms with Crippen LogP contribution in [0.25, 0.3) is 10.2 Å². The topological polar surface area (TPSA) is 112 Å². The van der Waals surface area contributed by atoms with E-state index >= 15 is 0 Å². The third-order valence-electron chi connectivity index (χ3n) is 4.67. The highest BCUT2D eigenvalue weighted by Gasteiger charge is 2.53. The average Bonchev–Trinajstić information content (AvgIpc) is 3.18. The number of hydrogen-bond acceptors (Lipinski definition) is 7. The Kier molecular flexibility index (Phi) is 5.29. The van der Waals surface area contributed by atoms with Crippen molar-refractivity contribution >= 4 is 56.8 Å². The number of carbonyl (C=O) groups is 3. The van der Waals surface area contributed by atoms with Gasteiger partial charge in [0, 0.05) is 11.4 Å². The number of allylic oxidation sites excluding steroid dienone is 2. The highest BCUT2D eigenvalue weighted by atomic mass is 32.2. The number of nitrogens with one attached hydrogen (secondary N) is 2. The molecule has 29 heavy (non-hydrogen) atoms. The van der Waals surface area contributed by atoms with Gasteiger partial charge in [0.15, 0.2) is 0 Å². The van der Waals surface area contributed by atoms with Crippen LogP contribution in [0.4, 0.5) is 5.69 Å². The van der Waals surface area contributed by atoms with Gasteiger partial charge in [0.05, 0.1) is 22.3 Å². The minimum atomic E-state index is -1.14. The number of thiazole rings is 1. The Morgan fingerprint density at radius 2 is 2.24 bits per heavy atom. The van der Waals surface area contributed by atoms with Crippen LogP contribution in [0.5, 0.6) is 0 Å². The molecule has 0 spiro atoms. The first kappa shape index (κ1) is 19.5. The lowest BCUT2D eigenvalue weighted by Crippen LogP contribution is -2.70. The van der Waals surface area contributed by atoms with Gasteiger partial charge in [-0.2, -0.15) is 0 Å². The molecule has 2 aliphatic rings. The van der Waals surface area contributed by atoms with Gasteiger partial charge >= 0.3 is 5.97 Å². The molecule has 2 amide bonds. The summed E-state index contributed by atoms with van der Waals surface area (Å²) in [5.74, 6) is -1.39. The number of rotatable bonds is 6. The first-order valence-electron chi connectivity index (χ1n) is 8.90. The summed E-state index contributed by atoms with van der Waals surface area (Å²) in [6.45, 7) is 1.81. The average molecular weight is 431 g/mol. The number of fused-ring (bicyclic) bond motifs is 2. The second kappa shape index (κ2) is 7.88. The van der Waals surface area contributed by atoms with Crippen LogP contribution >= 0.6 is 23.1 Å². The summed E-state index contributed by atoms with van der Waals surface area (Å²) in [5, 5.41) is 14.9. The maximum Gasteiger partial charge on any atom is 0.352 e. The van der Waals surface area contributed by atoms with Gasteiger partial charge in [-0.05, 0) is 30.7 Å². The third kappa shape index (κ3) is 3.60. The van der Waals surface area contributed by atoms with Crippen molar-refractivity contribution in [3.05, 3.63) is 47.1 Å². The number of thioether (sulfide) groups is 1. The smallest absolute Gasteiger partial charge is 0.352 e. The standard InChI is InChI=1S/C19H18N4O4S2/c1-2-3-10-8-28-18-15(17(25)23(18)16(10)19(26)27)22-14(24)7-20-11-4-5-12-13(6-11)29-9-21-12/h2-6,9,15,18,20H,7-8H2,1H3,(H,22,24)(H,26,27)/b3-2-/t15?,18-/m0/s1. The molecule has 10 heteroatoms. The Morgan fingerprint density at radius 3 is 3.00 bits per heavy atom. The van der Waals surface area contributed by atoms with E-state index in [0.29, 0.717) is 11.3 Å². The van der Waals surface area contributed by atoms with Crippen LogP contribution in [-0.4, -0.2) is 56.5 Å². The van der Waals surface area contributed by atoms with Gasteiger partial charge in [0.1, 0.15) is 17.1 Å². The van der Waals surface area contributed by atoms with Crippen molar-refractivity contribution in [1.82, 2.24) is 15.2 Å². The molecule has 1 fully saturated rings. The number of aromatic nitrogens is 1. The predicted molar refractivity (Wildman–Crippen MR) is 113 cm³/mol. The second-order valence-electron chi connectivity index (χ2n) is 6.52. The van der Waals surface area contributed by atoms with E-state index in [-0.39, 0.29) is 18.1 Å². The minimum absolute atomic E-state index is 0.00154. The van der Waals surface area contributed by atoms with Crippen LogP contribution in [0.1, 0.15) is 6.92 Å². The summed E-state index contributed by atoms with van der Waals surface area (Å²) < 4.78 is 1.02. The van der Waals surface area contributed by atoms with Crippen LogP contribution in [0.3, 0.4) is 0 Å². The van der Waals surface area contributed by atoms with Gasteiger partial charge in [-0.1, -0.05) is 12.2 Å². The third-order valence-corrected chi connectivity index (χ3v) is 6.76. The number of hydrogen-bond donors (Lipinski definition) is 3. The summed E-state index contributed by atoms with van der Waals surface area (Å²) in [6.07, 6.45) is 3.45. The minimum Gasteiger partial charge on any atom is -0.477 e. The Labute approximate surface area is 174 Å². The molecule has 0 radical (unpaired) electrons. The summed E-state index contributed by atoms with van der Waals surface area (Å²) >= 11 is 2.96. The molecule has 8 nitrogen and oxygen atoms in total. The second-order valence-corrected chi connectivity index (χ2v) is 8.51. The maximum atomic E-state index is 12.5. The number of aliphatic carboxylic acids is 1. The van der Waals surface area contributed by atoms with Crippen LogP contribution in [0, 0.1) is 0 Å². The molecule has 4 rings (SSSR count). The summed E-state index contributed by atoms with van der Waals surface area (Å²) in [6, 6.07) is 4.91. The highest BCUT2D eigenvalue weighted by molar-refractivity contribution is 8.00. The molecule has 0 saturated carbocycles. The van der Waals surface area contributed by atoms with Crippen molar-refractivity contribution in [2.45, 2.75) is 18.3 Å². The number of anilines is 1. The van der Waals surface area contributed by atoms with Gasteiger partial charge in [-0.15, -0.1) is 23.1 Å². The lowest BCUT2D eigenvalue weighted by atomic mass is 10.0. The molecule has 0 bridgehead atoms. The molecule has 150 valence electrons. The zero-order valence-electron chi connectivity index (χ0n) is 15.4. The number of carbonyl (C=O) groups excluding carboxylic acids is 2. The fraction of sp³-hybridized carbons (Fsp3) is 0.263. The van der Waals surface area contributed by atoms with Crippen molar-refractivity contribution in [2.24, 2.45) is 0 Å². The van der Waals surface area contributed by atoms with E-state index in [2.05, 4.69) is 15.6 Å². The van der Waals surface area contributed by atoms with Gasteiger partial charge < -0.3 is 15.7 Å². The van der Waals surface area contributed by atoms with Gasteiger partial charge in [0.25, 0.3) is 5.91 Å². The molecule has 3 heterocycles. The molecule has 0 aliphatic carbocycles. The number of nitrogens with zero attached hydrogens (tertiary/aromatic N) is 2. The highest BCUT2D eigenvalue weighted by Crippen LogP contribution is 2.40. The Morgan fingerprint density at radius 1 is 1.41 bits per heavy atom. The number of carboxylic acids is 1. The van der Waals surface area contributed by atoms with Crippen molar-refractivity contribution in [2.75, 3.05) is 17.6 Å². The fourth-order valence-corrected chi connectivity index (χ4v) is 5.38. The van der Waals surface area contributed by atoms with Crippen LogP contribution < -0.4 is 10.6 Å². The van der Waals surface area contributed by atoms with Gasteiger partial charge in [0.2, 0.25) is 5.91 Å². The van der Waals surface area contributed by atoms with Crippen LogP contribution in [-0.2, 0) is 14.4 Å². The SMILES string of the molecule is C/C=C\C1=C(C(=O)O)N2C(=O)C(NC(=O)CNc3ccc4ncsc4c3)[C@@H]2SC1. The molecule has 2 atom stereocenters. The molecule has 1 saturated heterocycles. The summed E-state index contributed by atoms with van der Waals surface area (Å²) in [5.41, 5.74) is 4.05. The zero-order chi connectivity index (χ0) is 20.5. The molecule has 1 aromatic heterocycles. The van der Waals surface area contributed by atoms with Crippen molar-refractivity contribution in [3.8, 4) is 0 Å². The summed E-state index contributed by atoms with van der Waals surface area (Å²) in [4.78, 5) is 42.0. The number of benzene rings is 1. The normalized spacial score (nSPS) is 21.3. The van der Waals surface area contributed by atoms with E-state index in [9.17, 15) is 19.5 Å². The predicted octanol–water partition coefficient (Wildman–Crippen LogP) is 2.02. The van der Waals surface area contributed by atoms with Crippen LogP contribution in [0.2, 0.25) is 0 Å². The Hall–Kier alpha value is -2.85. The van der Waals surface area contributed by atoms with Gasteiger partial charge in [-0.3, -0.25) is 14.5 Å². The Balaban J connectivity index is 1.38. The Bertz CT molecular complexity index is 1060. The van der Waals surface area contributed by atoms with E-state index in [4.69, 9.17) is 0 Å². The molecular formula is C19H18N4O4S2.